The van der Waals surface area contributed by atoms with Gasteiger partial charge in [0.15, 0.2) is 0 Å². The highest BCUT2D eigenvalue weighted by Crippen LogP contribution is 2.23. The highest BCUT2D eigenvalue weighted by Gasteiger charge is 2.14. The molecule has 0 aliphatic heterocycles. The van der Waals surface area contributed by atoms with Crippen molar-refractivity contribution in [3.63, 3.8) is 0 Å². The first kappa shape index (κ1) is 14.7. The van der Waals surface area contributed by atoms with Crippen molar-refractivity contribution in [3.8, 4) is 0 Å². The number of hydrogen-bond donors (Lipinski definition) is 1. The van der Waals surface area contributed by atoms with E-state index in [0.29, 0.717) is 10.0 Å². The van der Waals surface area contributed by atoms with Gasteiger partial charge in [-0.3, -0.25) is 9.78 Å². The molecule has 0 atom stereocenters. The Bertz CT molecular complexity index is 703. The van der Waals surface area contributed by atoms with Gasteiger partial charge in [0.05, 0.1) is 5.52 Å². The number of rotatable bonds is 3. The van der Waals surface area contributed by atoms with Crippen molar-refractivity contribution in [2.75, 3.05) is 13.6 Å². The van der Waals surface area contributed by atoms with Crippen LogP contribution in [0.4, 0.5) is 0 Å². The molecule has 0 aliphatic rings. The molecule has 4 nitrogen and oxygen atoms in total. The molecule has 0 aliphatic carbocycles. The van der Waals surface area contributed by atoms with Gasteiger partial charge in [0, 0.05) is 28.7 Å². The zero-order valence-electron chi connectivity index (χ0n) is 11.1. The molecule has 0 fully saturated rings. The van der Waals surface area contributed by atoms with E-state index in [1.165, 1.54) is 4.90 Å². The van der Waals surface area contributed by atoms with Gasteiger partial charge < -0.3 is 10.0 Å². The predicted molar refractivity (Wildman–Crippen MR) is 83.5 cm³/mol. The zero-order chi connectivity index (χ0) is 14.9. The molecule has 0 bridgehead atoms. The number of carboxylic acid groups (broad SMARTS) is 1. The van der Waals surface area contributed by atoms with Crippen molar-refractivity contribution >= 4 is 45.7 Å². The van der Waals surface area contributed by atoms with Crippen LogP contribution in [-0.4, -0.2) is 39.5 Å². The van der Waals surface area contributed by atoms with Crippen molar-refractivity contribution < 1.29 is 9.90 Å². The zero-order valence-corrected chi connectivity index (χ0v) is 12.6. The van der Waals surface area contributed by atoms with Gasteiger partial charge in [0.1, 0.15) is 11.5 Å². The molecule has 1 heterocycles. The van der Waals surface area contributed by atoms with E-state index in [1.807, 2.05) is 19.1 Å². The lowest BCUT2D eigenvalue weighted by Crippen LogP contribution is -2.31. The third kappa shape index (κ3) is 3.05. The van der Waals surface area contributed by atoms with Crippen molar-refractivity contribution in [3.05, 3.63) is 40.5 Å². The van der Waals surface area contributed by atoms with E-state index in [2.05, 4.69) is 4.98 Å². The minimum absolute atomic E-state index is 0.151. The topological polar surface area (TPSA) is 53.4 Å². The number of aryl methyl sites for hydroxylation is 1. The Balaban J connectivity index is 2.55. The summed E-state index contributed by atoms with van der Waals surface area (Å²) in [5.74, 6) is -0.928. The van der Waals surface area contributed by atoms with Gasteiger partial charge in [-0.05, 0) is 31.2 Å². The number of fused-ring (bicyclic) bond motifs is 1. The van der Waals surface area contributed by atoms with Gasteiger partial charge in [-0.1, -0.05) is 23.8 Å². The minimum atomic E-state index is -0.928. The largest absolute Gasteiger partial charge is 0.480 e. The van der Waals surface area contributed by atoms with Crippen LogP contribution in [-0.2, 0) is 4.79 Å². The average molecular weight is 309 g/mol. The quantitative estimate of drug-likeness (QED) is 0.884. The summed E-state index contributed by atoms with van der Waals surface area (Å²) in [7, 11) is 1.66. The molecule has 6 heteroatoms. The molecule has 2 rings (SSSR count). The maximum absolute atomic E-state index is 10.8. The minimum Gasteiger partial charge on any atom is -0.480 e. The van der Waals surface area contributed by atoms with E-state index >= 15 is 0 Å². The van der Waals surface area contributed by atoms with E-state index < -0.39 is 5.97 Å². The lowest BCUT2D eigenvalue weighted by Gasteiger charge is -2.19. The smallest absolute Gasteiger partial charge is 0.323 e. The van der Waals surface area contributed by atoms with E-state index in [9.17, 15) is 4.79 Å². The molecule has 0 amide bonds. The van der Waals surface area contributed by atoms with Crippen LogP contribution in [0.5, 0.6) is 0 Å². The van der Waals surface area contributed by atoms with Gasteiger partial charge in [0.2, 0.25) is 0 Å². The summed E-state index contributed by atoms with van der Waals surface area (Å²) in [6.45, 7) is 1.72. The Morgan fingerprint density at radius 2 is 2.15 bits per heavy atom. The van der Waals surface area contributed by atoms with E-state index in [0.717, 1.165) is 22.2 Å². The number of halogens is 1. The van der Waals surface area contributed by atoms with Gasteiger partial charge in [-0.25, -0.2) is 0 Å². The van der Waals surface area contributed by atoms with Crippen molar-refractivity contribution in [1.29, 1.82) is 0 Å². The van der Waals surface area contributed by atoms with E-state index in [-0.39, 0.29) is 6.54 Å². The second-order valence-electron chi connectivity index (χ2n) is 4.53. The number of carbonyl (C=O) groups is 1. The predicted octanol–water partition coefficient (Wildman–Crippen LogP) is 2.89. The summed E-state index contributed by atoms with van der Waals surface area (Å²) in [6, 6.07) is 7.23. The lowest BCUT2D eigenvalue weighted by atomic mass is 10.1. The highest BCUT2D eigenvalue weighted by atomic mass is 35.5. The molecule has 1 aromatic heterocycles. The molecule has 0 radical (unpaired) electrons. The van der Waals surface area contributed by atoms with Gasteiger partial charge in [-0.15, -0.1) is 0 Å². The van der Waals surface area contributed by atoms with E-state index in [1.54, 1.807) is 19.2 Å². The Kier molecular flexibility index (Phi) is 4.20. The second kappa shape index (κ2) is 5.73. The standard InChI is InChI=1S/C14H13ClN2O2S/c1-8-5-11(14(20)17(2)7-13(18)19)10-6-9(15)3-4-12(10)16-8/h3-6H,7H2,1-2H3,(H,18,19). The fraction of sp³-hybridized carbons (Fsp3) is 0.214. The molecule has 0 spiro atoms. The molecule has 0 saturated heterocycles. The number of pyridine rings is 1. The highest BCUT2D eigenvalue weighted by molar-refractivity contribution is 7.80. The number of likely N-dealkylation sites (N-methyl/N-ethyl adjacent to an activating group) is 1. The molecule has 0 unspecified atom stereocenters. The van der Waals surface area contributed by atoms with Crippen LogP contribution in [0.15, 0.2) is 24.3 Å². The molecule has 1 aromatic carbocycles. The number of aliphatic carboxylic acids is 1. The van der Waals surface area contributed by atoms with Crippen LogP contribution in [0.3, 0.4) is 0 Å². The van der Waals surface area contributed by atoms with Crippen LogP contribution in [0.2, 0.25) is 5.02 Å². The summed E-state index contributed by atoms with van der Waals surface area (Å²) >= 11 is 11.4. The SMILES string of the molecule is Cc1cc(C(=S)N(C)CC(=O)O)c2cc(Cl)ccc2n1. The van der Waals surface area contributed by atoms with Crippen LogP contribution in [0.1, 0.15) is 11.3 Å². The van der Waals surface area contributed by atoms with Gasteiger partial charge >= 0.3 is 5.97 Å². The molecular weight excluding hydrogens is 296 g/mol. The molecule has 104 valence electrons. The van der Waals surface area contributed by atoms with Crippen LogP contribution < -0.4 is 0 Å². The Labute approximate surface area is 127 Å². The third-order valence-corrected chi connectivity index (χ3v) is 3.62. The second-order valence-corrected chi connectivity index (χ2v) is 5.35. The summed E-state index contributed by atoms with van der Waals surface area (Å²) in [4.78, 5) is 17.2. The number of nitrogens with zero attached hydrogens (tertiary/aromatic N) is 2. The van der Waals surface area contributed by atoms with Crippen molar-refractivity contribution in [1.82, 2.24) is 9.88 Å². The fourth-order valence-electron chi connectivity index (χ4n) is 1.99. The fourth-order valence-corrected chi connectivity index (χ4v) is 2.39. The monoisotopic (exact) mass is 308 g/mol. The maximum atomic E-state index is 10.8. The first-order valence-corrected chi connectivity index (χ1v) is 6.71. The number of carboxylic acids is 1. The van der Waals surface area contributed by atoms with Crippen LogP contribution in [0, 0.1) is 6.92 Å². The van der Waals surface area contributed by atoms with Gasteiger partial charge in [0.25, 0.3) is 0 Å². The van der Waals surface area contributed by atoms with Crippen LogP contribution in [0.25, 0.3) is 10.9 Å². The summed E-state index contributed by atoms with van der Waals surface area (Å²) in [5.41, 5.74) is 2.38. The number of thiocarbonyl (C=S) groups is 1. The number of aromatic nitrogens is 1. The molecule has 2 aromatic rings. The lowest BCUT2D eigenvalue weighted by molar-refractivity contribution is -0.137. The Morgan fingerprint density at radius 1 is 1.45 bits per heavy atom. The molecule has 0 saturated carbocycles. The average Bonchev–Trinajstić information content (AvgIpc) is 2.36. The third-order valence-electron chi connectivity index (χ3n) is 2.85. The van der Waals surface area contributed by atoms with Crippen LogP contribution >= 0.6 is 23.8 Å². The van der Waals surface area contributed by atoms with Gasteiger partial charge in [-0.2, -0.15) is 0 Å². The summed E-state index contributed by atoms with van der Waals surface area (Å²) in [6.07, 6.45) is 0. The maximum Gasteiger partial charge on any atom is 0.323 e. The molecule has 1 N–H and O–H groups in total. The molecule has 20 heavy (non-hydrogen) atoms. The summed E-state index contributed by atoms with van der Waals surface area (Å²) in [5, 5.41) is 10.3. The Morgan fingerprint density at radius 3 is 2.80 bits per heavy atom. The number of benzene rings is 1. The Hall–Kier alpha value is -1.72. The van der Waals surface area contributed by atoms with Crippen molar-refractivity contribution in [2.45, 2.75) is 6.92 Å². The first-order chi connectivity index (χ1) is 9.38. The number of hydrogen-bond acceptors (Lipinski definition) is 3. The summed E-state index contributed by atoms with van der Waals surface area (Å²) < 4.78 is 0. The normalized spacial score (nSPS) is 10.6. The van der Waals surface area contributed by atoms with E-state index in [4.69, 9.17) is 28.9 Å². The van der Waals surface area contributed by atoms with Crippen molar-refractivity contribution in [2.24, 2.45) is 0 Å². The molecular formula is C14H13ClN2O2S. The first-order valence-electron chi connectivity index (χ1n) is 5.92.